The van der Waals surface area contributed by atoms with Crippen LogP contribution in [0.1, 0.15) is 45.4 Å². The van der Waals surface area contributed by atoms with E-state index in [9.17, 15) is 0 Å². The fourth-order valence-electron chi connectivity index (χ4n) is 3.02. The summed E-state index contributed by atoms with van der Waals surface area (Å²) < 4.78 is 1.95. The van der Waals surface area contributed by atoms with Crippen molar-refractivity contribution in [1.82, 2.24) is 14.9 Å². The molecule has 1 aliphatic rings. The predicted molar refractivity (Wildman–Crippen MR) is 75.6 cm³/mol. The number of rotatable bonds is 4. The average molecular weight is 270 g/mol. The van der Waals surface area contributed by atoms with Crippen LogP contribution in [0.3, 0.4) is 0 Å². The number of halogens is 1. The van der Waals surface area contributed by atoms with E-state index in [2.05, 4.69) is 24.1 Å². The Morgan fingerprint density at radius 1 is 1.44 bits per heavy atom. The summed E-state index contributed by atoms with van der Waals surface area (Å²) in [6, 6.07) is 0.634. The molecule has 0 bridgehead atoms. The molecule has 18 heavy (non-hydrogen) atoms. The van der Waals surface area contributed by atoms with Gasteiger partial charge in [-0.2, -0.15) is 0 Å². The first-order chi connectivity index (χ1) is 8.59. The van der Waals surface area contributed by atoms with Crippen LogP contribution in [-0.4, -0.2) is 15.6 Å². The molecule has 1 saturated carbocycles. The van der Waals surface area contributed by atoms with Gasteiger partial charge in [-0.15, -0.1) is 0 Å². The van der Waals surface area contributed by atoms with Crippen LogP contribution < -0.4 is 5.32 Å². The van der Waals surface area contributed by atoms with Crippen molar-refractivity contribution < 1.29 is 0 Å². The number of hydrogen-bond donors (Lipinski definition) is 1. The molecular weight excluding hydrogens is 246 g/mol. The van der Waals surface area contributed by atoms with Gasteiger partial charge in [-0.3, -0.25) is 0 Å². The van der Waals surface area contributed by atoms with Crippen molar-refractivity contribution in [2.75, 3.05) is 0 Å². The molecule has 1 fully saturated rings. The van der Waals surface area contributed by atoms with Gasteiger partial charge in [-0.25, -0.2) is 4.98 Å². The third kappa shape index (κ3) is 3.07. The van der Waals surface area contributed by atoms with Gasteiger partial charge in [0.05, 0.1) is 12.7 Å². The number of nitrogens with zero attached hydrogens (tertiary/aromatic N) is 2. The minimum absolute atomic E-state index is 0.634. The van der Waals surface area contributed by atoms with Crippen molar-refractivity contribution in [2.45, 2.75) is 52.1 Å². The van der Waals surface area contributed by atoms with E-state index in [4.69, 9.17) is 11.6 Å². The number of hydrogen-bond acceptors (Lipinski definition) is 2. The fraction of sp³-hybridized carbons (Fsp3) is 0.786. The van der Waals surface area contributed by atoms with Crippen molar-refractivity contribution in [3.63, 3.8) is 0 Å². The molecule has 4 heteroatoms. The van der Waals surface area contributed by atoms with Gasteiger partial charge in [0.15, 0.2) is 0 Å². The van der Waals surface area contributed by atoms with E-state index in [1.165, 1.54) is 25.7 Å². The van der Waals surface area contributed by atoms with E-state index in [0.717, 1.165) is 24.2 Å². The molecule has 0 spiro atoms. The van der Waals surface area contributed by atoms with E-state index in [0.29, 0.717) is 11.2 Å². The SMILES string of the molecule is CC(C)C1CCCCC1NCc1ncc(Cl)n1C. The van der Waals surface area contributed by atoms with E-state index >= 15 is 0 Å². The molecule has 2 unspecified atom stereocenters. The Morgan fingerprint density at radius 2 is 2.17 bits per heavy atom. The van der Waals surface area contributed by atoms with Gasteiger partial charge in [0.1, 0.15) is 11.0 Å². The molecule has 0 aromatic carbocycles. The topological polar surface area (TPSA) is 29.9 Å². The van der Waals surface area contributed by atoms with Crippen LogP contribution in [0.4, 0.5) is 0 Å². The van der Waals surface area contributed by atoms with Crippen LogP contribution in [0.2, 0.25) is 5.15 Å². The van der Waals surface area contributed by atoms with Crippen LogP contribution in [-0.2, 0) is 13.6 Å². The van der Waals surface area contributed by atoms with Crippen LogP contribution in [0.5, 0.6) is 0 Å². The minimum atomic E-state index is 0.634. The van der Waals surface area contributed by atoms with Gasteiger partial charge < -0.3 is 9.88 Å². The van der Waals surface area contributed by atoms with Gasteiger partial charge in [0.25, 0.3) is 0 Å². The second-order valence-corrected chi connectivity index (χ2v) is 6.12. The lowest BCUT2D eigenvalue weighted by Gasteiger charge is -2.35. The lowest BCUT2D eigenvalue weighted by molar-refractivity contribution is 0.203. The van der Waals surface area contributed by atoms with Gasteiger partial charge in [0, 0.05) is 13.1 Å². The molecule has 0 saturated heterocycles. The summed E-state index contributed by atoms with van der Waals surface area (Å²) >= 11 is 6.00. The Labute approximate surface area is 115 Å². The molecule has 0 radical (unpaired) electrons. The largest absolute Gasteiger partial charge is 0.321 e. The van der Waals surface area contributed by atoms with E-state index < -0.39 is 0 Å². The lowest BCUT2D eigenvalue weighted by Crippen LogP contribution is -2.40. The zero-order valence-corrected chi connectivity index (χ0v) is 12.4. The highest BCUT2D eigenvalue weighted by molar-refractivity contribution is 6.29. The molecule has 1 aromatic rings. The first-order valence-electron chi connectivity index (χ1n) is 6.99. The highest BCUT2D eigenvalue weighted by Crippen LogP contribution is 2.30. The maximum Gasteiger partial charge on any atom is 0.128 e. The third-order valence-electron chi connectivity index (χ3n) is 4.23. The Bertz CT molecular complexity index is 386. The van der Waals surface area contributed by atoms with Crippen LogP contribution in [0, 0.1) is 11.8 Å². The Hall–Kier alpha value is -0.540. The molecule has 0 amide bonds. The first kappa shape index (κ1) is 13.9. The van der Waals surface area contributed by atoms with Gasteiger partial charge in [-0.05, 0) is 24.7 Å². The van der Waals surface area contributed by atoms with Gasteiger partial charge >= 0.3 is 0 Å². The highest BCUT2D eigenvalue weighted by atomic mass is 35.5. The van der Waals surface area contributed by atoms with Crippen molar-refractivity contribution in [3.05, 3.63) is 17.2 Å². The summed E-state index contributed by atoms with van der Waals surface area (Å²) in [5.41, 5.74) is 0. The van der Waals surface area contributed by atoms with Crippen molar-refractivity contribution in [2.24, 2.45) is 18.9 Å². The maximum absolute atomic E-state index is 6.00. The van der Waals surface area contributed by atoms with Crippen LogP contribution >= 0.6 is 11.6 Å². The first-order valence-corrected chi connectivity index (χ1v) is 7.37. The molecular formula is C14H24ClN3. The van der Waals surface area contributed by atoms with Crippen molar-refractivity contribution in [1.29, 1.82) is 0 Å². The van der Waals surface area contributed by atoms with Gasteiger partial charge in [0.2, 0.25) is 0 Å². The average Bonchev–Trinajstić information content (AvgIpc) is 2.68. The van der Waals surface area contributed by atoms with E-state index in [-0.39, 0.29) is 0 Å². The normalized spacial score (nSPS) is 24.7. The molecule has 3 nitrogen and oxygen atoms in total. The molecule has 2 atom stereocenters. The number of imidazole rings is 1. The minimum Gasteiger partial charge on any atom is -0.321 e. The second-order valence-electron chi connectivity index (χ2n) is 5.74. The third-order valence-corrected chi connectivity index (χ3v) is 4.58. The fourth-order valence-corrected chi connectivity index (χ4v) is 3.17. The molecule has 102 valence electrons. The number of nitrogens with one attached hydrogen (secondary N) is 1. The monoisotopic (exact) mass is 269 g/mol. The lowest BCUT2D eigenvalue weighted by atomic mass is 9.78. The number of aromatic nitrogens is 2. The molecule has 1 aliphatic carbocycles. The second kappa shape index (κ2) is 6.07. The summed E-state index contributed by atoms with van der Waals surface area (Å²) in [7, 11) is 1.97. The van der Waals surface area contributed by atoms with Gasteiger partial charge in [-0.1, -0.05) is 38.3 Å². The Balaban J connectivity index is 1.94. The maximum atomic E-state index is 6.00. The quantitative estimate of drug-likeness (QED) is 0.908. The molecule has 1 N–H and O–H groups in total. The molecule has 1 aromatic heterocycles. The van der Waals surface area contributed by atoms with Crippen molar-refractivity contribution in [3.8, 4) is 0 Å². The summed E-state index contributed by atoms with van der Waals surface area (Å²) in [4.78, 5) is 4.34. The van der Waals surface area contributed by atoms with Crippen LogP contribution in [0.15, 0.2) is 6.20 Å². The zero-order valence-electron chi connectivity index (χ0n) is 11.6. The summed E-state index contributed by atoms with van der Waals surface area (Å²) in [6.45, 7) is 5.49. The summed E-state index contributed by atoms with van der Waals surface area (Å²) in [6.07, 6.45) is 7.11. The van der Waals surface area contributed by atoms with Crippen molar-refractivity contribution >= 4 is 11.6 Å². The summed E-state index contributed by atoms with van der Waals surface area (Å²) in [5.74, 6) is 2.58. The summed E-state index contributed by atoms with van der Waals surface area (Å²) in [5, 5.41) is 4.39. The zero-order chi connectivity index (χ0) is 13.1. The standard InChI is InChI=1S/C14H24ClN3/c1-10(2)11-6-4-5-7-12(11)16-9-14-17-8-13(15)18(14)3/h8,10-12,16H,4-7,9H2,1-3H3. The Kier molecular flexibility index (Phi) is 4.68. The Morgan fingerprint density at radius 3 is 2.78 bits per heavy atom. The molecule has 2 rings (SSSR count). The molecule has 0 aliphatic heterocycles. The predicted octanol–water partition coefficient (Wildman–Crippen LogP) is 3.38. The smallest absolute Gasteiger partial charge is 0.128 e. The van der Waals surface area contributed by atoms with E-state index in [1.807, 2.05) is 11.6 Å². The van der Waals surface area contributed by atoms with E-state index in [1.54, 1.807) is 6.20 Å². The molecule has 1 heterocycles. The highest BCUT2D eigenvalue weighted by Gasteiger charge is 2.27. The van der Waals surface area contributed by atoms with Crippen LogP contribution in [0.25, 0.3) is 0 Å².